The van der Waals surface area contributed by atoms with E-state index in [-0.39, 0.29) is 12.2 Å². The van der Waals surface area contributed by atoms with Gasteiger partial charge in [0.25, 0.3) is 11.8 Å². The Hall–Kier alpha value is -4.61. The van der Waals surface area contributed by atoms with Crippen molar-refractivity contribution in [2.24, 2.45) is 0 Å². The number of anilines is 2. The third kappa shape index (κ3) is 5.38. The van der Waals surface area contributed by atoms with Crippen molar-refractivity contribution in [3.8, 4) is 11.5 Å². The maximum absolute atomic E-state index is 13.4. The van der Waals surface area contributed by atoms with E-state index in [1.54, 1.807) is 44.2 Å². The number of hydrogen-bond acceptors (Lipinski definition) is 6. The van der Waals surface area contributed by atoms with Crippen molar-refractivity contribution in [3.05, 3.63) is 78.1 Å². The number of aromatic nitrogens is 1. The number of halogens is 3. The molecule has 0 aliphatic carbocycles. The largest absolute Gasteiger partial charge is 0.573 e. The first kappa shape index (κ1) is 26.5. The van der Waals surface area contributed by atoms with Gasteiger partial charge in [-0.05, 0) is 74.0 Å². The predicted molar refractivity (Wildman–Crippen MR) is 131 cm³/mol. The lowest BCUT2D eigenvalue weighted by molar-refractivity contribution is -0.274. The summed E-state index contributed by atoms with van der Waals surface area (Å²) in [5, 5.41) is 2.77. The maximum Gasteiger partial charge on any atom is 0.573 e. The van der Waals surface area contributed by atoms with Gasteiger partial charge in [-0.25, -0.2) is 9.69 Å². The highest BCUT2D eigenvalue weighted by Gasteiger charge is 2.52. The fraction of sp³-hybridized carbons (Fsp3) is 0.231. The van der Waals surface area contributed by atoms with E-state index in [9.17, 15) is 27.6 Å². The van der Waals surface area contributed by atoms with Crippen LogP contribution in [0.25, 0.3) is 0 Å². The van der Waals surface area contributed by atoms with Crippen LogP contribution in [0.2, 0.25) is 0 Å². The molecule has 1 aromatic heterocycles. The summed E-state index contributed by atoms with van der Waals surface area (Å²) in [7, 11) is 1.52. The molecular formula is C26H23F3N4O5. The Morgan fingerprint density at radius 2 is 1.63 bits per heavy atom. The van der Waals surface area contributed by atoms with Crippen molar-refractivity contribution in [1.82, 2.24) is 9.88 Å². The number of amides is 4. The van der Waals surface area contributed by atoms with Crippen LogP contribution in [-0.2, 0) is 11.3 Å². The molecule has 0 saturated carbocycles. The molecule has 0 atom stereocenters. The Balaban J connectivity index is 1.55. The Morgan fingerprint density at radius 3 is 2.24 bits per heavy atom. The minimum atomic E-state index is -4.87. The smallest absolute Gasteiger partial charge is 0.497 e. The average molecular weight is 528 g/mol. The standard InChI is InChI=1S/C26H23F3N4O5/c1-25(2)23(35)33(18-6-10-20(11-7-18)38-26(27,28)29)24(36)32(25)15-17-12-13-30-14-21(17)31-22(34)16-4-8-19(37-3)9-5-16/h4-14H,15H2,1-3H3,(H,31,34). The Bertz CT molecular complexity index is 1360. The normalized spacial score (nSPS) is 15.0. The summed E-state index contributed by atoms with van der Waals surface area (Å²) < 4.78 is 46.4. The predicted octanol–water partition coefficient (Wildman–Crippen LogP) is 4.99. The van der Waals surface area contributed by atoms with Crippen LogP contribution in [0.15, 0.2) is 67.0 Å². The first-order valence-corrected chi connectivity index (χ1v) is 11.3. The molecule has 9 nitrogen and oxygen atoms in total. The van der Waals surface area contributed by atoms with Crippen molar-refractivity contribution in [3.63, 3.8) is 0 Å². The van der Waals surface area contributed by atoms with Crippen LogP contribution in [0.5, 0.6) is 11.5 Å². The summed E-state index contributed by atoms with van der Waals surface area (Å²) in [5.41, 5.74) is 0.0346. The lowest BCUT2D eigenvalue weighted by Crippen LogP contribution is -2.43. The second-order valence-electron chi connectivity index (χ2n) is 8.83. The first-order chi connectivity index (χ1) is 17.9. The number of alkyl halides is 3. The van der Waals surface area contributed by atoms with E-state index < -0.39 is 35.5 Å². The van der Waals surface area contributed by atoms with Crippen molar-refractivity contribution < 1.29 is 37.0 Å². The monoisotopic (exact) mass is 528 g/mol. The molecular weight excluding hydrogens is 505 g/mol. The summed E-state index contributed by atoms with van der Waals surface area (Å²) in [6.45, 7) is 3.07. The molecule has 12 heteroatoms. The van der Waals surface area contributed by atoms with Gasteiger partial charge >= 0.3 is 12.4 Å². The molecule has 4 amide bonds. The van der Waals surface area contributed by atoms with E-state index in [1.807, 2.05) is 0 Å². The summed E-state index contributed by atoms with van der Waals surface area (Å²) >= 11 is 0. The highest BCUT2D eigenvalue weighted by Crippen LogP contribution is 2.35. The lowest BCUT2D eigenvalue weighted by Gasteiger charge is -2.28. The van der Waals surface area contributed by atoms with Crippen LogP contribution < -0.4 is 19.7 Å². The number of ether oxygens (including phenoxy) is 2. The highest BCUT2D eigenvalue weighted by molar-refractivity contribution is 6.23. The zero-order valence-electron chi connectivity index (χ0n) is 20.6. The molecule has 0 radical (unpaired) electrons. The van der Waals surface area contributed by atoms with Gasteiger partial charge < -0.3 is 19.7 Å². The minimum absolute atomic E-state index is 0.0515. The molecule has 1 aliphatic heterocycles. The van der Waals surface area contributed by atoms with Gasteiger partial charge in [0.15, 0.2) is 0 Å². The second-order valence-corrected chi connectivity index (χ2v) is 8.83. The number of carbonyl (C=O) groups is 3. The molecule has 0 bridgehead atoms. The molecule has 198 valence electrons. The van der Waals surface area contributed by atoms with Crippen LogP contribution >= 0.6 is 0 Å². The molecule has 38 heavy (non-hydrogen) atoms. The molecule has 1 aliphatic rings. The van der Waals surface area contributed by atoms with Gasteiger partial charge in [0, 0.05) is 11.8 Å². The summed E-state index contributed by atoms with van der Waals surface area (Å²) in [6.07, 6.45) is -1.95. The molecule has 4 rings (SSSR count). The molecule has 1 saturated heterocycles. The number of carbonyl (C=O) groups excluding carboxylic acids is 3. The Kier molecular flexibility index (Phi) is 6.99. The number of hydrogen-bond donors (Lipinski definition) is 1. The molecule has 1 N–H and O–H groups in total. The number of nitrogens with one attached hydrogen (secondary N) is 1. The van der Waals surface area contributed by atoms with Gasteiger partial charge in [-0.3, -0.25) is 14.6 Å². The van der Waals surface area contributed by atoms with E-state index in [0.29, 0.717) is 22.6 Å². The van der Waals surface area contributed by atoms with Gasteiger partial charge in [-0.1, -0.05) is 0 Å². The number of nitrogens with zero attached hydrogens (tertiary/aromatic N) is 3. The number of imide groups is 1. The number of urea groups is 1. The fourth-order valence-corrected chi connectivity index (χ4v) is 3.91. The molecule has 0 unspecified atom stereocenters. The van der Waals surface area contributed by atoms with Crippen molar-refractivity contribution in [2.75, 3.05) is 17.3 Å². The van der Waals surface area contributed by atoms with Crippen molar-refractivity contribution in [2.45, 2.75) is 32.3 Å². The summed E-state index contributed by atoms with van der Waals surface area (Å²) in [6, 6.07) is 11.9. The number of benzene rings is 2. The van der Waals surface area contributed by atoms with Gasteiger partial charge in [0.05, 0.1) is 31.2 Å². The quantitative estimate of drug-likeness (QED) is 0.434. The zero-order chi connectivity index (χ0) is 27.7. The number of pyridine rings is 1. The van der Waals surface area contributed by atoms with Gasteiger partial charge in [-0.15, -0.1) is 13.2 Å². The first-order valence-electron chi connectivity index (χ1n) is 11.3. The maximum atomic E-state index is 13.4. The van der Waals surface area contributed by atoms with Crippen LogP contribution in [-0.4, -0.2) is 46.7 Å². The second kappa shape index (κ2) is 10.0. The molecule has 3 aromatic rings. The number of methoxy groups -OCH3 is 1. The van der Waals surface area contributed by atoms with Crippen molar-refractivity contribution in [1.29, 1.82) is 0 Å². The van der Waals surface area contributed by atoms with Crippen molar-refractivity contribution >= 4 is 29.2 Å². The summed E-state index contributed by atoms with van der Waals surface area (Å²) in [4.78, 5) is 45.6. The van der Waals surface area contributed by atoms with E-state index >= 15 is 0 Å². The molecule has 1 fully saturated rings. The van der Waals surface area contributed by atoms with E-state index in [2.05, 4.69) is 15.0 Å². The van der Waals surface area contributed by atoms with Crippen LogP contribution in [0.4, 0.5) is 29.3 Å². The molecule has 0 spiro atoms. The SMILES string of the molecule is COc1ccc(C(=O)Nc2cnccc2CN2C(=O)N(c3ccc(OC(F)(F)F)cc3)C(=O)C2(C)C)cc1. The average Bonchev–Trinajstić information content (AvgIpc) is 3.04. The third-order valence-electron chi connectivity index (χ3n) is 5.99. The van der Waals surface area contributed by atoms with Crippen LogP contribution in [0, 0.1) is 0 Å². The lowest BCUT2D eigenvalue weighted by atomic mass is 10.0. The van der Waals surface area contributed by atoms with E-state index in [1.165, 1.54) is 36.5 Å². The third-order valence-corrected chi connectivity index (χ3v) is 5.99. The minimum Gasteiger partial charge on any atom is -0.497 e. The fourth-order valence-electron chi connectivity index (χ4n) is 3.91. The van der Waals surface area contributed by atoms with Gasteiger partial charge in [0.1, 0.15) is 17.0 Å². The Morgan fingerprint density at radius 1 is 1.00 bits per heavy atom. The van der Waals surface area contributed by atoms with E-state index in [0.717, 1.165) is 17.0 Å². The van der Waals surface area contributed by atoms with E-state index in [4.69, 9.17) is 4.74 Å². The highest BCUT2D eigenvalue weighted by atomic mass is 19.4. The van der Waals surface area contributed by atoms with Gasteiger partial charge in [-0.2, -0.15) is 0 Å². The summed E-state index contributed by atoms with van der Waals surface area (Å²) in [5.74, 6) is -0.863. The number of rotatable bonds is 7. The molecule has 2 heterocycles. The Labute approximate surface area is 215 Å². The van der Waals surface area contributed by atoms with Gasteiger partial charge in [0.2, 0.25) is 0 Å². The topological polar surface area (TPSA) is 101 Å². The van der Waals surface area contributed by atoms with Crippen LogP contribution in [0.3, 0.4) is 0 Å². The molecule has 2 aromatic carbocycles. The van der Waals surface area contributed by atoms with Crippen LogP contribution in [0.1, 0.15) is 29.8 Å². The zero-order valence-corrected chi connectivity index (χ0v) is 20.6.